The number of aliphatic carboxylic acids is 1. The summed E-state index contributed by atoms with van der Waals surface area (Å²) in [7, 11) is 0. The van der Waals surface area contributed by atoms with Crippen LogP contribution in [0.5, 0.6) is 0 Å². The number of carboxylic acid groups (broad SMARTS) is 1. The van der Waals surface area contributed by atoms with Crippen LogP contribution in [0.2, 0.25) is 0 Å². The molecular formula is C41H44N2O4. The van der Waals surface area contributed by atoms with Gasteiger partial charge >= 0.3 is 5.97 Å². The van der Waals surface area contributed by atoms with Crippen molar-refractivity contribution in [2.45, 2.75) is 66.0 Å². The van der Waals surface area contributed by atoms with Crippen LogP contribution in [0.15, 0.2) is 108 Å². The molecule has 0 aliphatic heterocycles. The van der Waals surface area contributed by atoms with E-state index in [1.54, 1.807) is 30.5 Å². The maximum Gasteiger partial charge on any atom is 0.303 e. The molecule has 0 spiro atoms. The zero-order chi connectivity index (χ0) is 33.5. The molecule has 0 bridgehead atoms. The first kappa shape index (κ1) is 33.4. The van der Waals surface area contributed by atoms with E-state index in [2.05, 4.69) is 81.5 Å². The molecule has 0 saturated heterocycles. The van der Waals surface area contributed by atoms with Crippen LogP contribution in [-0.2, 0) is 24.2 Å². The lowest BCUT2D eigenvalue weighted by Crippen LogP contribution is -2.20. The fourth-order valence-electron chi connectivity index (χ4n) is 6.13. The van der Waals surface area contributed by atoms with Gasteiger partial charge in [-0.3, -0.25) is 14.4 Å². The minimum Gasteiger partial charge on any atom is -0.481 e. The van der Waals surface area contributed by atoms with E-state index < -0.39 is 5.97 Å². The Balaban J connectivity index is 1.42. The van der Waals surface area contributed by atoms with Crippen LogP contribution in [0.1, 0.15) is 84.8 Å². The third-order valence-electron chi connectivity index (χ3n) is 8.39. The van der Waals surface area contributed by atoms with Crippen molar-refractivity contribution in [2.75, 3.05) is 5.32 Å². The number of carboxylic acids is 1. The van der Waals surface area contributed by atoms with Crippen molar-refractivity contribution in [3.8, 4) is 0 Å². The minimum atomic E-state index is -0.881. The lowest BCUT2D eigenvalue weighted by molar-refractivity contribution is -0.137. The number of ketones is 1. The van der Waals surface area contributed by atoms with Crippen molar-refractivity contribution in [2.24, 2.45) is 11.8 Å². The lowest BCUT2D eigenvalue weighted by atomic mass is 9.93. The van der Waals surface area contributed by atoms with Crippen LogP contribution in [0.3, 0.4) is 0 Å². The number of para-hydroxylation sites is 1. The molecule has 6 heteroatoms. The molecule has 242 valence electrons. The Bertz CT molecular complexity index is 1830. The third-order valence-corrected chi connectivity index (χ3v) is 8.39. The topological polar surface area (TPSA) is 88.4 Å². The summed E-state index contributed by atoms with van der Waals surface area (Å²) < 4.78 is 1.81. The molecule has 1 aromatic heterocycles. The van der Waals surface area contributed by atoms with Gasteiger partial charge in [-0.15, -0.1) is 0 Å². The number of carbonyl (C=O) groups excluding carboxylic acids is 1. The molecule has 2 N–H and O–H groups in total. The number of carbonyl (C=O) groups is 2. The molecule has 1 heterocycles. The van der Waals surface area contributed by atoms with Gasteiger partial charge in [0.25, 0.3) is 0 Å². The first-order valence-corrected chi connectivity index (χ1v) is 16.5. The zero-order valence-electron chi connectivity index (χ0n) is 27.7. The number of anilines is 1. The van der Waals surface area contributed by atoms with Crippen LogP contribution < -0.4 is 10.7 Å². The molecule has 0 atom stereocenters. The highest BCUT2D eigenvalue weighted by atomic mass is 16.4. The average molecular weight is 629 g/mol. The molecule has 5 aromatic rings. The number of hydrogen-bond acceptors (Lipinski definition) is 4. The summed E-state index contributed by atoms with van der Waals surface area (Å²) in [5.41, 5.74) is 6.60. The molecule has 5 rings (SSSR count). The first-order valence-electron chi connectivity index (χ1n) is 16.5. The number of pyridine rings is 1. The van der Waals surface area contributed by atoms with E-state index in [0.717, 1.165) is 29.7 Å². The van der Waals surface area contributed by atoms with Gasteiger partial charge in [-0.2, -0.15) is 0 Å². The highest BCUT2D eigenvalue weighted by Gasteiger charge is 2.19. The fraction of sp³-hybridized carbons (Fsp3) is 0.293. The van der Waals surface area contributed by atoms with Crippen molar-refractivity contribution in [3.05, 3.63) is 147 Å². The van der Waals surface area contributed by atoms with Crippen LogP contribution in [0, 0.1) is 11.8 Å². The van der Waals surface area contributed by atoms with Crippen molar-refractivity contribution in [3.63, 3.8) is 0 Å². The summed E-state index contributed by atoms with van der Waals surface area (Å²) in [6.45, 7) is 9.29. The molecule has 47 heavy (non-hydrogen) atoms. The van der Waals surface area contributed by atoms with Gasteiger partial charge in [0.05, 0.1) is 17.1 Å². The Labute approximate surface area is 277 Å². The summed E-state index contributed by atoms with van der Waals surface area (Å²) in [4.78, 5) is 38.2. The number of hydrogen-bond donors (Lipinski definition) is 2. The van der Waals surface area contributed by atoms with E-state index in [4.69, 9.17) is 5.11 Å². The molecule has 0 aliphatic rings. The summed E-state index contributed by atoms with van der Waals surface area (Å²) >= 11 is 0. The number of nitrogens with zero attached hydrogens (tertiary/aromatic N) is 1. The molecule has 0 unspecified atom stereocenters. The van der Waals surface area contributed by atoms with Gasteiger partial charge in [0, 0.05) is 35.8 Å². The third kappa shape index (κ3) is 8.44. The van der Waals surface area contributed by atoms with Crippen molar-refractivity contribution >= 4 is 28.3 Å². The summed E-state index contributed by atoms with van der Waals surface area (Å²) in [6, 6.07) is 31.9. The predicted octanol–water partition coefficient (Wildman–Crippen LogP) is 8.70. The SMILES string of the molecule is CC(C)Cc1ccc(C(Nc2ccc(C(=O)c3cn(CCCC(=O)O)c4ccccc4c3=O)cc2)c2ccc(CC(C)C)cc2)cc1. The summed E-state index contributed by atoms with van der Waals surface area (Å²) in [6.07, 6.45) is 4.02. The molecule has 4 aromatic carbocycles. The second kappa shape index (κ2) is 15.1. The van der Waals surface area contributed by atoms with Gasteiger partial charge in [0.2, 0.25) is 5.43 Å². The maximum atomic E-state index is 13.7. The number of nitrogens with one attached hydrogen (secondary N) is 1. The molecule has 0 amide bonds. The normalized spacial score (nSPS) is 11.5. The van der Waals surface area contributed by atoms with Gasteiger partial charge in [0.15, 0.2) is 5.78 Å². The number of fused-ring (bicyclic) bond motifs is 1. The Morgan fingerprint density at radius 1 is 0.745 bits per heavy atom. The number of aryl methyl sites for hydroxylation is 1. The van der Waals surface area contributed by atoms with Crippen molar-refractivity contribution in [1.82, 2.24) is 4.57 Å². The van der Waals surface area contributed by atoms with E-state index in [-0.39, 0.29) is 29.2 Å². The van der Waals surface area contributed by atoms with Crippen molar-refractivity contribution < 1.29 is 14.7 Å². The van der Waals surface area contributed by atoms with E-state index in [1.807, 2.05) is 28.8 Å². The number of aromatic nitrogens is 1. The van der Waals surface area contributed by atoms with E-state index in [0.29, 0.717) is 41.3 Å². The lowest BCUT2D eigenvalue weighted by Gasteiger charge is -2.22. The van der Waals surface area contributed by atoms with Crippen molar-refractivity contribution in [1.29, 1.82) is 0 Å². The number of rotatable bonds is 14. The van der Waals surface area contributed by atoms with Gasteiger partial charge in [-0.1, -0.05) is 88.4 Å². The largest absolute Gasteiger partial charge is 0.481 e. The molecule has 0 aliphatic carbocycles. The van der Waals surface area contributed by atoms with E-state index >= 15 is 0 Å². The second-order valence-electron chi connectivity index (χ2n) is 13.2. The predicted molar refractivity (Wildman–Crippen MR) is 190 cm³/mol. The first-order chi connectivity index (χ1) is 22.6. The molecule has 6 nitrogen and oxygen atoms in total. The highest BCUT2D eigenvalue weighted by molar-refractivity contribution is 6.10. The molecule has 0 saturated carbocycles. The maximum absolute atomic E-state index is 13.7. The van der Waals surface area contributed by atoms with Crippen LogP contribution in [0.4, 0.5) is 5.69 Å². The standard InChI is InChI=1S/C41H44N2O4/c1-27(2)24-29-11-15-31(16-12-29)39(32-17-13-30(14-18-32)25-28(3)4)42-34-21-19-33(20-22-34)40(46)36-26-43(23-7-10-38(44)45)37-9-6-5-8-35(37)41(36)47/h5-6,8-9,11-22,26-28,39,42H,7,10,23-25H2,1-4H3,(H,44,45). The summed E-state index contributed by atoms with van der Waals surface area (Å²) in [5, 5.41) is 13.2. The Morgan fingerprint density at radius 2 is 1.30 bits per heavy atom. The van der Waals surface area contributed by atoms with Crippen LogP contribution in [-0.4, -0.2) is 21.4 Å². The molecular weight excluding hydrogens is 584 g/mol. The van der Waals surface area contributed by atoms with Gasteiger partial charge in [-0.05, 0) is 89.8 Å². The van der Waals surface area contributed by atoms with Gasteiger partial charge in [-0.25, -0.2) is 0 Å². The van der Waals surface area contributed by atoms with Gasteiger partial charge < -0.3 is 15.0 Å². The molecule has 0 fully saturated rings. The van der Waals surface area contributed by atoms with Crippen LogP contribution >= 0.6 is 0 Å². The Morgan fingerprint density at radius 3 is 1.83 bits per heavy atom. The minimum absolute atomic E-state index is 0.00334. The van der Waals surface area contributed by atoms with Gasteiger partial charge in [0.1, 0.15) is 0 Å². The smallest absolute Gasteiger partial charge is 0.303 e. The highest BCUT2D eigenvalue weighted by Crippen LogP contribution is 2.29. The summed E-state index contributed by atoms with van der Waals surface area (Å²) in [5.74, 6) is -0.0796. The van der Waals surface area contributed by atoms with E-state index in [1.165, 1.54) is 11.1 Å². The quantitative estimate of drug-likeness (QED) is 0.120. The monoisotopic (exact) mass is 628 g/mol. The Hall–Kier alpha value is -4.97. The number of benzene rings is 4. The zero-order valence-corrected chi connectivity index (χ0v) is 27.7. The second-order valence-corrected chi connectivity index (χ2v) is 13.2. The average Bonchev–Trinajstić information content (AvgIpc) is 3.05. The molecule has 0 radical (unpaired) electrons. The Kier molecular flexibility index (Phi) is 10.7. The fourth-order valence-corrected chi connectivity index (χ4v) is 6.13. The van der Waals surface area contributed by atoms with Crippen LogP contribution in [0.25, 0.3) is 10.9 Å². The van der Waals surface area contributed by atoms with E-state index in [9.17, 15) is 14.4 Å².